The van der Waals surface area contributed by atoms with E-state index in [0.717, 1.165) is 11.8 Å². The fourth-order valence-electron chi connectivity index (χ4n) is 2.45. The Morgan fingerprint density at radius 1 is 1.12 bits per heavy atom. The first-order valence-corrected chi connectivity index (χ1v) is 7.87. The van der Waals surface area contributed by atoms with Crippen molar-refractivity contribution in [2.75, 3.05) is 11.9 Å². The van der Waals surface area contributed by atoms with Crippen molar-refractivity contribution >= 4 is 23.6 Å². The lowest BCUT2D eigenvalue weighted by Gasteiger charge is -2.21. The first kappa shape index (κ1) is 17.3. The van der Waals surface area contributed by atoms with Crippen LogP contribution in [0.2, 0.25) is 0 Å². The molecule has 3 rings (SSSR count). The number of aliphatic carboxylic acids is 1. The predicted octanol–water partition coefficient (Wildman–Crippen LogP) is 4.15. The third kappa shape index (κ3) is 3.92. The lowest BCUT2D eigenvalue weighted by atomic mass is 10.1. The van der Waals surface area contributed by atoms with E-state index in [4.69, 9.17) is 5.11 Å². The lowest BCUT2D eigenvalue weighted by molar-refractivity contribution is -0.131. The standard InChI is InChI=1S/C20H16FN3O2/c1-24(17-5-3-2-4-6-17)20-19(14-7-9-15(21)10-8-14)22-13-16(23-20)11-12-18(25)26/h2-13H,1H3,(H,25,26)/b12-11+. The molecular weight excluding hydrogens is 333 g/mol. The number of benzene rings is 2. The topological polar surface area (TPSA) is 66.3 Å². The largest absolute Gasteiger partial charge is 0.478 e. The molecule has 0 aliphatic rings. The van der Waals surface area contributed by atoms with Gasteiger partial charge in [-0.2, -0.15) is 0 Å². The van der Waals surface area contributed by atoms with Crippen LogP contribution < -0.4 is 4.90 Å². The van der Waals surface area contributed by atoms with Crippen LogP contribution in [0.4, 0.5) is 15.9 Å². The first-order valence-electron chi connectivity index (χ1n) is 7.87. The molecule has 0 aliphatic heterocycles. The zero-order chi connectivity index (χ0) is 18.5. The van der Waals surface area contributed by atoms with Crippen LogP contribution in [0.5, 0.6) is 0 Å². The minimum absolute atomic E-state index is 0.333. The average Bonchev–Trinajstić information content (AvgIpc) is 2.67. The summed E-state index contributed by atoms with van der Waals surface area (Å²) >= 11 is 0. The maximum atomic E-state index is 13.3. The van der Waals surface area contributed by atoms with E-state index >= 15 is 0 Å². The molecule has 0 saturated carbocycles. The van der Waals surface area contributed by atoms with Crippen LogP contribution in [0, 0.1) is 5.82 Å². The molecule has 0 unspecified atom stereocenters. The van der Waals surface area contributed by atoms with Gasteiger partial charge >= 0.3 is 5.97 Å². The van der Waals surface area contributed by atoms with E-state index in [0.29, 0.717) is 22.8 Å². The molecule has 1 N–H and O–H groups in total. The normalized spacial score (nSPS) is 10.8. The molecule has 130 valence electrons. The van der Waals surface area contributed by atoms with Gasteiger partial charge in [0, 0.05) is 24.4 Å². The highest BCUT2D eigenvalue weighted by molar-refractivity contribution is 5.85. The molecule has 0 aliphatic carbocycles. The minimum atomic E-state index is -1.06. The Balaban J connectivity index is 2.11. The summed E-state index contributed by atoms with van der Waals surface area (Å²) in [5.41, 5.74) is 2.59. The highest BCUT2D eigenvalue weighted by Crippen LogP contribution is 2.31. The Kier molecular flexibility index (Phi) is 5.03. The van der Waals surface area contributed by atoms with Gasteiger partial charge in [0.15, 0.2) is 5.82 Å². The van der Waals surface area contributed by atoms with Gasteiger partial charge in [0.25, 0.3) is 0 Å². The van der Waals surface area contributed by atoms with Gasteiger partial charge < -0.3 is 10.0 Å². The second-order valence-electron chi connectivity index (χ2n) is 5.54. The van der Waals surface area contributed by atoms with E-state index < -0.39 is 5.97 Å². The van der Waals surface area contributed by atoms with Gasteiger partial charge in [0.1, 0.15) is 11.5 Å². The van der Waals surface area contributed by atoms with Crippen LogP contribution in [-0.4, -0.2) is 28.1 Å². The zero-order valence-electron chi connectivity index (χ0n) is 14.0. The fourth-order valence-corrected chi connectivity index (χ4v) is 2.45. The van der Waals surface area contributed by atoms with Crippen molar-refractivity contribution < 1.29 is 14.3 Å². The Labute approximate surface area is 150 Å². The molecule has 0 fully saturated rings. The number of para-hydroxylation sites is 1. The summed E-state index contributed by atoms with van der Waals surface area (Å²) in [5.74, 6) is -0.858. The van der Waals surface area contributed by atoms with Crippen molar-refractivity contribution in [2.45, 2.75) is 0 Å². The molecule has 6 heteroatoms. The van der Waals surface area contributed by atoms with Gasteiger partial charge in [-0.25, -0.2) is 14.2 Å². The monoisotopic (exact) mass is 349 g/mol. The number of carboxylic acid groups (broad SMARTS) is 1. The molecule has 5 nitrogen and oxygen atoms in total. The lowest BCUT2D eigenvalue weighted by Crippen LogP contribution is -2.14. The first-order chi connectivity index (χ1) is 12.5. The molecule has 0 radical (unpaired) electrons. The maximum Gasteiger partial charge on any atom is 0.328 e. The number of rotatable bonds is 5. The van der Waals surface area contributed by atoms with Gasteiger partial charge in [-0.3, -0.25) is 4.98 Å². The molecule has 1 aromatic heterocycles. The third-order valence-corrected chi connectivity index (χ3v) is 3.75. The summed E-state index contributed by atoms with van der Waals surface area (Å²) in [6.45, 7) is 0. The van der Waals surface area contributed by atoms with Crippen molar-refractivity contribution in [2.24, 2.45) is 0 Å². The van der Waals surface area contributed by atoms with Crippen molar-refractivity contribution in [1.82, 2.24) is 9.97 Å². The SMILES string of the molecule is CN(c1ccccc1)c1nc(/C=C/C(=O)O)cnc1-c1ccc(F)cc1. The van der Waals surface area contributed by atoms with Crippen LogP contribution in [0.1, 0.15) is 5.69 Å². The zero-order valence-corrected chi connectivity index (χ0v) is 14.0. The van der Waals surface area contributed by atoms with Gasteiger partial charge in [0.05, 0.1) is 11.9 Å². The van der Waals surface area contributed by atoms with Crippen molar-refractivity contribution in [1.29, 1.82) is 0 Å². The summed E-state index contributed by atoms with van der Waals surface area (Å²) in [7, 11) is 1.84. The number of anilines is 2. The molecule has 3 aromatic rings. The summed E-state index contributed by atoms with van der Waals surface area (Å²) in [6.07, 6.45) is 3.88. The van der Waals surface area contributed by atoms with Crippen LogP contribution in [0.3, 0.4) is 0 Å². The summed E-state index contributed by atoms with van der Waals surface area (Å²) in [5, 5.41) is 8.81. The highest BCUT2D eigenvalue weighted by Gasteiger charge is 2.15. The van der Waals surface area contributed by atoms with E-state index in [1.165, 1.54) is 24.4 Å². The Hall–Kier alpha value is -3.54. The number of halogens is 1. The minimum Gasteiger partial charge on any atom is -0.478 e. The smallest absolute Gasteiger partial charge is 0.328 e. The van der Waals surface area contributed by atoms with Crippen molar-refractivity contribution in [3.05, 3.63) is 78.4 Å². The molecule has 0 spiro atoms. The second-order valence-corrected chi connectivity index (χ2v) is 5.54. The maximum absolute atomic E-state index is 13.3. The number of hydrogen-bond donors (Lipinski definition) is 1. The molecule has 0 saturated heterocycles. The van der Waals surface area contributed by atoms with Crippen LogP contribution in [0.25, 0.3) is 17.3 Å². The second kappa shape index (κ2) is 7.57. The number of aromatic nitrogens is 2. The quantitative estimate of drug-likeness (QED) is 0.701. The van der Waals surface area contributed by atoms with Crippen molar-refractivity contribution in [3.8, 4) is 11.3 Å². The van der Waals surface area contributed by atoms with Crippen molar-refractivity contribution in [3.63, 3.8) is 0 Å². The third-order valence-electron chi connectivity index (χ3n) is 3.75. The van der Waals surface area contributed by atoms with Crippen LogP contribution >= 0.6 is 0 Å². The summed E-state index contributed by atoms with van der Waals surface area (Å²) in [4.78, 5) is 21.6. The molecule has 1 heterocycles. The Morgan fingerprint density at radius 2 is 1.81 bits per heavy atom. The number of carbonyl (C=O) groups is 1. The van der Waals surface area contributed by atoms with E-state index in [-0.39, 0.29) is 5.82 Å². The summed E-state index contributed by atoms with van der Waals surface area (Å²) in [6, 6.07) is 15.6. The fraction of sp³-hybridized carbons (Fsp3) is 0.0500. The van der Waals surface area contributed by atoms with E-state index in [2.05, 4.69) is 9.97 Å². The number of hydrogen-bond acceptors (Lipinski definition) is 4. The molecule has 0 bridgehead atoms. The van der Waals surface area contributed by atoms with E-state index in [1.54, 1.807) is 12.1 Å². The molecule has 26 heavy (non-hydrogen) atoms. The molecular formula is C20H16FN3O2. The van der Waals surface area contributed by atoms with Gasteiger partial charge in [-0.05, 0) is 42.5 Å². The summed E-state index contributed by atoms with van der Waals surface area (Å²) < 4.78 is 13.3. The van der Waals surface area contributed by atoms with E-state index in [9.17, 15) is 9.18 Å². The molecule has 0 amide bonds. The molecule has 2 aromatic carbocycles. The van der Waals surface area contributed by atoms with Gasteiger partial charge in [-0.15, -0.1) is 0 Å². The predicted molar refractivity (Wildman–Crippen MR) is 98.6 cm³/mol. The Morgan fingerprint density at radius 3 is 2.46 bits per heavy atom. The van der Waals surface area contributed by atoms with Crippen LogP contribution in [-0.2, 0) is 4.79 Å². The van der Waals surface area contributed by atoms with Gasteiger partial charge in [-0.1, -0.05) is 18.2 Å². The highest BCUT2D eigenvalue weighted by atomic mass is 19.1. The number of carboxylic acids is 1. The molecule has 0 atom stereocenters. The van der Waals surface area contributed by atoms with Gasteiger partial charge in [0.2, 0.25) is 0 Å². The number of nitrogens with zero attached hydrogens (tertiary/aromatic N) is 3. The van der Waals surface area contributed by atoms with Crippen LogP contribution in [0.15, 0.2) is 66.9 Å². The Bertz CT molecular complexity index is 941. The average molecular weight is 349 g/mol. The van der Waals surface area contributed by atoms with E-state index in [1.807, 2.05) is 42.3 Å².